The number of aliphatic hydroxyl groups is 1. The average Bonchev–Trinajstić information content (AvgIpc) is 2.50. The first-order valence-electron chi connectivity index (χ1n) is 6.88. The first kappa shape index (κ1) is 20.6. The van der Waals surface area contributed by atoms with Gasteiger partial charge < -0.3 is 32.3 Å². The fourth-order valence-electron chi connectivity index (χ4n) is 1.58. The largest absolute Gasteiger partial charge is 0.480 e. The molecule has 0 heterocycles. The Balaban J connectivity index is 4.60. The molecule has 0 unspecified atom stereocenters. The summed E-state index contributed by atoms with van der Waals surface area (Å²) in [5, 5.41) is 22.7. The summed E-state index contributed by atoms with van der Waals surface area (Å²) in [4.78, 5) is 34.6. The Morgan fingerprint density at radius 2 is 1.68 bits per heavy atom. The second kappa shape index (κ2) is 11.2. The number of carboxylic acid groups (broad SMARTS) is 1. The molecular weight excluding hydrogens is 312 g/mol. The summed E-state index contributed by atoms with van der Waals surface area (Å²) >= 11 is 3.85. The van der Waals surface area contributed by atoms with Gasteiger partial charge in [0.25, 0.3) is 0 Å². The van der Waals surface area contributed by atoms with Gasteiger partial charge in [-0.3, -0.25) is 9.59 Å². The van der Waals surface area contributed by atoms with Crippen molar-refractivity contribution in [2.24, 2.45) is 11.5 Å². The summed E-state index contributed by atoms with van der Waals surface area (Å²) in [5.41, 5.74) is 10.8. The number of amides is 2. The van der Waals surface area contributed by atoms with E-state index < -0.39 is 42.5 Å². The predicted octanol–water partition coefficient (Wildman–Crippen LogP) is -2.58. The Labute approximate surface area is 134 Å². The molecule has 0 spiro atoms. The number of nitrogens with one attached hydrogen (secondary N) is 2. The fourth-order valence-corrected chi connectivity index (χ4v) is 1.74. The maximum Gasteiger partial charge on any atom is 0.326 e. The van der Waals surface area contributed by atoms with Gasteiger partial charge in [0.1, 0.15) is 12.1 Å². The lowest BCUT2D eigenvalue weighted by Gasteiger charge is -2.21. The number of carbonyl (C=O) groups is 3. The van der Waals surface area contributed by atoms with Crippen molar-refractivity contribution in [3.63, 3.8) is 0 Å². The minimum atomic E-state index is -1.27. The van der Waals surface area contributed by atoms with Crippen LogP contribution in [-0.2, 0) is 14.4 Å². The molecule has 9 nitrogen and oxygen atoms in total. The summed E-state index contributed by atoms with van der Waals surface area (Å²) in [5.74, 6) is -2.57. The summed E-state index contributed by atoms with van der Waals surface area (Å²) in [7, 11) is 0. The molecule has 0 aromatic rings. The van der Waals surface area contributed by atoms with Gasteiger partial charge in [0, 0.05) is 5.75 Å². The quantitative estimate of drug-likeness (QED) is 0.160. The van der Waals surface area contributed by atoms with Gasteiger partial charge >= 0.3 is 5.97 Å². The van der Waals surface area contributed by atoms with Crippen molar-refractivity contribution in [2.45, 2.75) is 37.4 Å². The van der Waals surface area contributed by atoms with Crippen LogP contribution in [-0.4, -0.2) is 65.0 Å². The summed E-state index contributed by atoms with van der Waals surface area (Å²) < 4.78 is 0. The van der Waals surface area contributed by atoms with Crippen LogP contribution in [0.1, 0.15) is 19.3 Å². The molecule has 0 aliphatic heterocycles. The van der Waals surface area contributed by atoms with E-state index in [1.165, 1.54) is 0 Å². The molecule has 2 amide bonds. The van der Waals surface area contributed by atoms with Gasteiger partial charge in [0.15, 0.2) is 0 Å². The van der Waals surface area contributed by atoms with Crippen LogP contribution in [0, 0.1) is 0 Å². The van der Waals surface area contributed by atoms with E-state index >= 15 is 0 Å². The summed E-state index contributed by atoms with van der Waals surface area (Å²) in [6.45, 7) is -0.247. The van der Waals surface area contributed by atoms with E-state index in [1.54, 1.807) is 0 Å². The third kappa shape index (κ3) is 7.59. The number of hydrogen-bond donors (Lipinski definition) is 7. The number of rotatable bonds is 11. The molecule has 0 radical (unpaired) electrons. The molecular formula is C12H24N4O5S. The topological polar surface area (TPSA) is 168 Å². The number of carbonyl (C=O) groups excluding carboxylic acids is 2. The minimum absolute atomic E-state index is 0.0719. The van der Waals surface area contributed by atoms with Crippen molar-refractivity contribution in [1.82, 2.24) is 10.6 Å². The molecule has 0 bridgehead atoms. The number of unbranched alkanes of at least 4 members (excludes halogenated alkanes) is 1. The molecule has 0 saturated heterocycles. The molecule has 0 fully saturated rings. The van der Waals surface area contributed by atoms with Gasteiger partial charge in [-0.2, -0.15) is 12.6 Å². The van der Waals surface area contributed by atoms with E-state index in [0.29, 0.717) is 19.4 Å². The SMILES string of the molecule is NCCCC[C@H](NC(=O)[C@H](CO)NC(=O)[C@@H](N)CS)C(=O)O. The van der Waals surface area contributed by atoms with Crippen LogP contribution in [0.4, 0.5) is 0 Å². The van der Waals surface area contributed by atoms with Crippen LogP contribution < -0.4 is 22.1 Å². The molecule has 0 aliphatic carbocycles. The molecule has 128 valence electrons. The number of thiol groups is 1. The fraction of sp³-hybridized carbons (Fsp3) is 0.750. The molecule has 8 N–H and O–H groups in total. The predicted molar refractivity (Wildman–Crippen MR) is 83.3 cm³/mol. The van der Waals surface area contributed by atoms with Gasteiger partial charge in [-0.15, -0.1) is 0 Å². The maximum atomic E-state index is 11.9. The number of carboxylic acids is 1. The first-order valence-corrected chi connectivity index (χ1v) is 7.51. The van der Waals surface area contributed by atoms with Crippen LogP contribution in [0.15, 0.2) is 0 Å². The monoisotopic (exact) mass is 336 g/mol. The van der Waals surface area contributed by atoms with Crippen LogP contribution >= 0.6 is 12.6 Å². The zero-order valence-electron chi connectivity index (χ0n) is 12.2. The number of aliphatic carboxylic acids is 1. The van der Waals surface area contributed by atoms with Gasteiger partial charge in [0.05, 0.1) is 12.6 Å². The second-order valence-corrected chi connectivity index (χ2v) is 5.08. The van der Waals surface area contributed by atoms with Crippen molar-refractivity contribution in [2.75, 3.05) is 18.9 Å². The van der Waals surface area contributed by atoms with Crippen LogP contribution in [0.2, 0.25) is 0 Å². The number of hydrogen-bond acceptors (Lipinski definition) is 7. The zero-order valence-corrected chi connectivity index (χ0v) is 13.1. The van der Waals surface area contributed by atoms with Crippen molar-refractivity contribution >= 4 is 30.4 Å². The van der Waals surface area contributed by atoms with Crippen LogP contribution in [0.3, 0.4) is 0 Å². The van der Waals surface area contributed by atoms with Gasteiger partial charge in [0.2, 0.25) is 11.8 Å². The Morgan fingerprint density at radius 3 is 2.14 bits per heavy atom. The number of nitrogens with two attached hydrogens (primary N) is 2. The third-order valence-corrected chi connectivity index (χ3v) is 3.30. The molecule has 10 heteroatoms. The molecule has 3 atom stereocenters. The van der Waals surface area contributed by atoms with Crippen LogP contribution in [0.25, 0.3) is 0 Å². The van der Waals surface area contributed by atoms with Gasteiger partial charge in [-0.05, 0) is 25.8 Å². The molecule has 22 heavy (non-hydrogen) atoms. The van der Waals surface area contributed by atoms with E-state index in [2.05, 4.69) is 23.3 Å². The van der Waals surface area contributed by atoms with Crippen molar-refractivity contribution in [3.05, 3.63) is 0 Å². The highest BCUT2D eigenvalue weighted by Gasteiger charge is 2.26. The summed E-state index contributed by atoms with van der Waals surface area (Å²) in [6, 6.07) is -3.30. The highest BCUT2D eigenvalue weighted by atomic mass is 32.1. The second-order valence-electron chi connectivity index (χ2n) is 4.72. The first-order chi connectivity index (χ1) is 10.4. The van der Waals surface area contributed by atoms with Crippen molar-refractivity contribution in [3.8, 4) is 0 Å². The Kier molecular flexibility index (Phi) is 10.5. The third-order valence-electron chi connectivity index (χ3n) is 2.91. The van der Waals surface area contributed by atoms with E-state index in [4.69, 9.17) is 21.7 Å². The van der Waals surface area contributed by atoms with Gasteiger partial charge in [-0.25, -0.2) is 4.79 Å². The molecule has 0 aromatic heterocycles. The van der Waals surface area contributed by atoms with E-state index in [0.717, 1.165) is 0 Å². The average molecular weight is 336 g/mol. The molecule has 0 rings (SSSR count). The number of aliphatic hydroxyl groups excluding tert-OH is 1. The zero-order chi connectivity index (χ0) is 17.1. The Bertz CT molecular complexity index is 383. The van der Waals surface area contributed by atoms with E-state index in [9.17, 15) is 14.4 Å². The normalized spacial score (nSPS) is 14.7. The molecule has 0 aromatic carbocycles. The lowest BCUT2D eigenvalue weighted by molar-refractivity contribution is -0.142. The molecule has 0 aliphatic rings. The highest BCUT2D eigenvalue weighted by molar-refractivity contribution is 7.80. The lowest BCUT2D eigenvalue weighted by Crippen LogP contribution is -2.56. The van der Waals surface area contributed by atoms with Crippen molar-refractivity contribution in [1.29, 1.82) is 0 Å². The van der Waals surface area contributed by atoms with E-state index in [-0.39, 0.29) is 12.2 Å². The van der Waals surface area contributed by atoms with Crippen molar-refractivity contribution < 1.29 is 24.6 Å². The Hall–Kier alpha value is -1.36. The standard InChI is InChI=1S/C12H24N4O5S/c13-4-2-1-3-8(12(20)21)15-11(19)9(5-17)16-10(18)7(14)6-22/h7-9,17,22H,1-6,13-14H2,(H,15,19)(H,16,18)(H,20,21)/t7-,8-,9-/m0/s1. The summed E-state index contributed by atoms with van der Waals surface area (Å²) in [6.07, 6.45) is 1.38. The maximum absolute atomic E-state index is 11.9. The smallest absolute Gasteiger partial charge is 0.326 e. The molecule has 0 saturated carbocycles. The van der Waals surface area contributed by atoms with Crippen LogP contribution in [0.5, 0.6) is 0 Å². The van der Waals surface area contributed by atoms with E-state index in [1.807, 2.05) is 0 Å². The lowest BCUT2D eigenvalue weighted by atomic mass is 10.1. The van der Waals surface area contributed by atoms with Gasteiger partial charge in [-0.1, -0.05) is 0 Å². The highest BCUT2D eigenvalue weighted by Crippen LogP contribution is 2.01. The minimum Gasteiger partial charge on any atom is -0.480 e. The Morgan fingerprint density at radius 1 is 1.09 bits per heavy atom.